The molecule has 0 spiro atoms. The van der Waals surface area contributed by atoms with Crippen molar-refractivity contribution in [3.8, 4) is 11.1 Å². The molecule has 2 aromatic carbocycles. The highest BCUT2D eigenvalue weighted by atomic mass is 16.1. The summed E-state index contributed by atoms with van der Waals surface area (Å²) in [6.45, 7) is 0.794. The smallest absolute Gasteiger partial charge is 0.256 e. The lowest BCUT2D eigenvalue weighted by molar-refractivity contribution is 0.102. The van der Waals surface area contributed by atoms with Crippen LogP contribution in [0.3, 0.4) is 0 Å². The Morgan fingerprint density at radius 3 is 2.27 bits per heavy atom. The second-order valence-corrected chi connectivity index (χ2v) is 6.81. The molecule has 0 bridgehead atoms. The van der Waals surface area contributed by atoms with Gasteiger partial charge in [0.05, 0.1) is 0 Å². The van der Waals surface area contributed by atoms with E-state index in [0.717, 1.165) is 41.2 Å². The largest absolute Gasteiger partial charge is 0.385 e. The van der Waals surface area contributed by atoms with Crippen LogP contribution >= 0.6 is 0 Å². The first-order valence-corrected chi connectivity index (χ1v) is 9.84. The third kappa shape index (κ3) is 4.89. The summed E-state index contributed by atoms with van der Waals surface area (Å²) in [5.74, 6) is -0.140. The average molecular weight is 394 g/mol. The zero-order valence-electron chi connectivity index (χ0n) is 16.5. The maximum Gasteiger partial charge on any atom is 0.256 e. The molecule has 2 heterocycles. The van der Waals surface area contributed by atoms with Crippen molar-refractivity contribution in [3.63, 3.8) is 0 Å². The summed E-state index contributed by atoms with van der Waals surface area (Å²) in [5.41, 5.74) is 5.28. The SMILES string of the molecule is O=C(Nc1ccc(NCCc2ccccn2)cc1)c1ccccc1-c1ccncc1. The van der Waals surface area contributed by atoms with Crippen molar-refractivity contribution < 1.29 is 4.79 Å². The van der Waals surface area contributed by atoms with E-state index >= 15 is 0 Å². The molecule has 0 saturated carbocycles. The summed E-state index contributed by atoms with van der Waals surface area (Å²) < 4.78 is 0. The zero-order valence-corrected chi connectivity index (χ0v) is 16.5. The fourth-order valence-corrected chi connectivity index (χ4v) is 3.22. The lowest BCUT2D eigenvalue weighted by atomic mass is 10.00. The van der Waals surface area contributed by atoms with E-state index in [0.29, 0.717) is 5.56 Å². The van der Waals surface area contributed by atoms with E-state index in [2.05, 4.69) is 20.6 Å². The fraction of sp³-hybridized carbons (Fsp3) is 0.0800. The zero-order chi connectivity index (χ0) is 20.6. The average Bonchev–Trinajstić information content (AvgIpc) is 2.81. The van der Waals surface area contributed by atoms with Crippen LogP contribution in [-0.2, 0) is 6.42 Å². The summed E-state index contributed by atoms with van der Waals surface area (Å²) in [6.07, 6.45) is 6.11. The van der Waals surface area contributed by atoms with Gasteiger partial charge in [0.15, 0.2) is 0 Å². The van der Waals surface area contributed by atoms with Gasteiger partial charge in [0, 0.05) is 54.2 Å². The van der Waals surface area contributed by atoms with Crippen LogP contribution in [0.5, 0.6) is 0 Å². The van der Waals surface area contributed by atoms with Crippen molar-refractivity contribution >= 4 is 17.3 Å². The van der Waals surface area contributed by atoms with Crippen LogP contribution in [0.25, 0.3) is 11.1 Å². The molecule has 2 aromatic heterocycles. The highest BCUT2D eigenvalue weighted by Gasteiger charge is 2.12. The van der Waals surface area contributed by atoms with E-state index in [1.165, 1.54) is 0 Å². The Morgan fingerprint density at radius 1 is 0.767 bits per heavy atom. The Labute approximate surface area is 175 Å². The van der Waals surface area contributed by atoms with Gasteiger partial charge in [-0.15, -0.1) is 0 Å². The number of hydrogen-bond donors (Lipinski definition) is 2. The molecular weight excluding hydrogens is 372 g/mol. The van der Waals surface area contributed by atoms with Gasteiger partial charge in [-0.3, -0.25) is 14.8 Å². The minimum absolute atomic E-state index is 0.140. The van der Waals surface area contributed by atoms with E-state index in [-0.39, 0.29) is 5.91 Å². The molecule has 4 rings (SSSR count). The molecule has 0 aliphatic heterocycles. The van der Waals surface area contributed by atoms with Crippen molar-refractivity contribution in [2.45, 2.75) is 6.42 Å². The van der Waals surface area contributed by atoms with Gasteiger partial charge in [0.25, 0.3) is 5.91 Å². The first kappa shape index (κ1) is 19.3. The molecule has 0 radical (unpaired) electrons. The van der Waals surface area contributed by atoms with Crippen LogP contribution < -0.4 is 10.6 Å². The predicted molar refractivity (Wildman–Crippen MR) is 120 cm³/mol. The Hall–Kier alpha value is -3.99. The maximum atomic E-state index is 12.9. The van der Waals surface area contributed by atoms with E-state index in [1.54, 1.807) is 18.6 Å². The van der Waals surface area contributed by atoms with Crippen LogP contribution in [0.1, 0.15) is 16.1 Å². The summed E-state index contributed by atoms with van der Waals surface area (Å²) in [4.78, 5) is 21.2. The van der Waals surface area contributed by atoms with E-state index < -0.39 is 0 Å². The number of benzene rings is 2. The third-order valence-electron chi connectivity index (χ3n) is 4.74. The van der Waals surface area contributed by atoms with Gasteiger partial charge in [-0.2, -0.15) is 0 Å². The Kier molecular flexibility index (Phi) is 6.11. The second kappa shape index (κ2) is 9.47. The normalized spacial score (nSPS) is 10.4. The minimum atomic E-state index is -0.140. The number of anilines is 2. The lowest BCUT2D eigenvalue weighted by Gasteiger charge is -2.11. The highest BCUT2D eigenvalue weighted by molar-refractivity contribution is 6.08. The first-order chi connectivity index (χ1) is 14.8. The quantitative estimate of drug-likeness (QED) is 0.460. The molecule has 5 heteroatoms. The molecule has 0 aliphatic rings. The molecular formula is C25H22N4O. The summed E-state index contributed by atoms with van der Waals surface area (Å²) in [7, 11) is 0. The highest BCUT2D eigenvalue weighted by Crippen LogP contribution is 2.24. The topological polar surface area (TPSA) is 66.9 Å². The molecule has 2 N–H and O–H groups in total. The molecule has 0 unspecified atom stereocenters. The summed E-state index contributed by atoms with van der Waals surface area (Å²) in [6, 6.07) is 25.0. The number of carbonyl (C=O) groups excluding carboxylic acids is 1. The number of nitrogens with zero attached hydrogens (tertiary/aromatic N) is 2. The molecule has 5 nitrogen and oxygen atoms in total. The number of carbonyl (C=O) groups is 1. The third-order valence-corrected chi connectivity index (χ3v) is 4.74. The first-order valence-electron chi connectivity index (χ1n) is 9.84. The predicted octanol–water partition coefficient (Wildman–Crippen LogP) is 5.05. The Balaban J connectivity index is 1.39. The lowest BCUT2D eigenvalue weighted by Crippen LogP contribution is -2.13. The van der Waals surface area contributed by atoms with Crippen LogP contribution in [0.2, 0.25) is 0 Å². The van der Waals surface area contributed by atoms with Crippen LogP contribution in [-0.4, -0.2) is 22.4 Å². The van der Waals surface area contributed by atoms with Crippen LogP contribution in [0, 0.1) is 0 Å². The van der Waals surface area contributed by atoms with Gasteiger partial charge < -0.3 is 10.6 Å². The Morgan fingerprint density at radius 2 is 1.50 bits per heavy atom. The standard InChI is InChI=1S/C25H22N4O/c30-25(24-7-2-1-6-23(24)19-12-16-26-17-13-19)29-22-10-8-21(9-11-22)28-18-14-20-5-3-4-15-27-20/h1-13,15-17,28H,14,18H2,(H,29,30). The second-order valence-electron chi connectivity index (χ2n) is 6.81. The van der Waals surface area contributed by atoms with E-state index in [4.69, 9.17) is 0 Å². The van der Waals surface area contributed by atoms with Crippen molar-refractivity contribution in [1.29, 1.82) is 0 Å². The van der Waals surface area contributed by atoms with Gasteiger partial charge >= 0.3 is 0 Å². The van der Waals surface area contributed by atoms with Gasteiger partial charge in [0.2, 0.25) is 0 Å². The van der Waals surface area contributed by atoms with Gasteiger partial charge in [-0.25, -0.2) is 0 Å². The minimum Gasteiger partial charge on any atom is -0.385 e. The van der Waals surface area contributed by atoms with Crippen LogP contribution in [0.15, 0.2) is 97.5 Å². The molecule has 0 saturated heterocycles. The number of hydrogen-bond acceptors (Lipinski definition) is 4. The number of pyridine rings is 2. The van der Waals surface area contributed by atoms with Gasteiger partial charge in [-0.1, -0.05) is 24.3 Å². The van der Waals surface area contributed by atoms with Crippen LogP contribution in [0.4, 0.5) is 11.4 Å². The van der Waals surface area contributed by atoms with Gasteiger partial charge in [-0.05, 0) is 65.7 Å². The number of rotatable bonds is 7. The summed E-state index contributed by atoms with van der Waals surface area (Å²) in [5, 5.41) is 6.36. The molecule has 148 valence electrons. The number of aromatic nitrogens is 2. The number of nitrogens with one attached hydrogen (secondary N) is 2. The maximum absolute atomic E-state index is 12.9. The fourth-order valence-electron chi connectivity index (χ4n) is 3.22. The molecule has 1 amide bonds. The van der Waals surface area contributed by atoms with E-state index in [9.17, 15) is 4.79 Å². The van der Waals surface area contributed by atoms with E-state index in [1.807, 2.05) is 78.9 Å². The molecule has 30 heavy (non-hydrogen) atoms. The van der Waals surface area contributed by atoms with Crippen molar-refractivity contribution in [1.82, 2.24) is 9.97 Å². The molecule has 0 atom stereocenters. The molecule has 0 aliphatic carbocycles. The molecule has 0 fully saturated rings. The van der Waals surface area contributed by atoms with Gasteiger partial charge in [0.1, 0.15) is 0 Å². The number of amides is 1. The summed E-state index contributed by atoms with van der Waals surface area (Å²) >= 11 is 0. The van der Waals surface area contributed by atoms with Crippen molar-refractivity contribution in [2.75, 3.05) is 17.2 Å². The van der Waals surface area contributed by atoms with Crippen molar-refractivity contribution in [3.05, 3.63) is 109 Å². The Bertz CT molecular complexity index is 1100. The van der Waals surface area contributed by atoms with Crippen molar-refractivity contribution in [2.24, 2.45) is 0 Å². The monoisotopic (exact) mass is 394 g/mol. The molecule has 4 aromatic rings.